The molecule has 1 aromatic rings. The standard InChI is InChI=1S/C13H20N2O2/c1-2-16-11-17-13-5-3-4-10-15(13)12-6-8-14-9-7-12/h6-9,13H,2-5,10-11H2,1H3. The van der Waals surface area contributed by atoms with Gasteiger partial charge in [0.25, 0.3) is 0 Å². The van der Waals surface area contributed by atoms with E-state index in [-0.39, 0.29) is 6.23 Å². The maximum absolute atomic E-state index is 5.77. The van der Waals surface area contributed by atoms with Gasteiger partial charge >= 0.3 is 0 Å². The highest BCUT2D eigenvalue weighted by molar-refractivity contribution is 5.45. The summed E-state index contributed by atoms with van der Waals surface area (Å²) in [5, 5.41) is 0. The van der Waals surface area contributed by atoms with Crippen molar-refractivity contribution >= 4 is 5.69 Å². The van der Waals surface area contributed by atoms with Gasteiger partial charge in [0.2, 0.25) is 0 Å². The highest BCUT2D eigenvalue weighted by Crippen LogP contribution is 2.24. The van der Waals surface area contributed by atoms with Crippen LogP contribution in [0, 0.1) is 0 Å². The van der Waals surface area contributed by atoms with Crippen LogP contribution in [0.15, 0.2) is 24.5 Å². The van der Waals surface area contributed by atoms with Gasteiger partial charge in [0.1, 0.15) is 13.0 Å². The van der Waals surface area contributed by atoms with E-state index in [4.69, 9.17) is 9.47 Å². The predicted octanol–water partition coefficient (Wildman–Crippen LogP) is 2.41. The van der Waals surface area contributed by atoms with Crippen LogP contribution in [0.25, 0.3) is 0 Å². The van der Waals surface area contributed by atoms with Gasteiger partial charge in [-0.05, 0) is 38.3 Å². The lowest BCUT2D eigenvalue weighted by Crippen LogP contribution is -2.41. The van der Waals surface area contributed by atoms with E-state index in [1.807, 2.05) is 31.5 Å². The Morgan fingerprint density at radius 1 is 1.35 bits per heavy atom. The van der Waals surface area contributed by atoms with Gasteiger partial charge < -0.3 is 14.4 Å². The van der Waals surface area contributed by atoms with Gasteiger partial charge in [-0.3, -0.25) is 4.98 Å². The van der Waals surface area contributed by atoms with Crippen molar-refractivity contribution in [3.8, 4) is 0 Å². The summed E-state index contributed by atoms with van der Waals surface area (Å²) in [6.45, 7) is 4.09. The number of piperidine rings is 1. The first kappa shape index (κ1) is 12.3. The van der Waals surface area contributed by atoms with Crippen molar-refractivity contribution in [3.05, 3.63) is 24.5 Å². The Hall–Kier alpha value is -1.13. The third kappa shape index (κ3) is 3.41. The zero-order chi connectivity index (χ0) is 11.9. The molecule has 0 bridgehead atoms. The van der Waals surface area contributed by atoms with Crippen LogP contribution >= 0.6 is 0 Å². The molecule has 1 atom stereocenters. The summed E-state index contributed by atoms with van der Waals surface area (Å²) < 4.78 is 11.0. The predicted molar refractivity (Wildman–Crippen MR) is 66.8 cm³/mol. The SMILES string of the molecule is CCOCOC1CCCCN1c1ccncc1. The first-order valence-electron chi connectivity index (χ1n) is 6.28. The van der Waals surface area contributed by atoms with E-state index < -0.39 is 0 Å². The molecule has 2 rings (SSSR count). The summed E-state index contributed by atoms with van der Waals surface area (Å²) in [6, 6.07) is 4.06. The molecule has 4 nitrogen and oxygen atoms in total. The second kappa shape index (κ2) is 6.57. The second-order valence-electron chi connectivity index (χ2n) is 4.13. The van der Waals surface area contributed by atoms with Gasteiger partial charge in [0, 0.05) is 31.2 Å². The molecule has 1 saturated heterocycles. The largest absolute Gasteiger partial charge is 0.356 e. The normalized spacial score (nSPS) is 20.5. The molecule has 1 aliphatic heterocycles. The minimum absolute atomic E-state index is 0.137. The Bertz CT molecular complexity index is 318. The van der Waals surface area contributed by atoms with Crippen LogP contribution in [-0.2, 0) is 9.47 Å². The lowest BCUT2D eigenvalue weighted by atomic mass is 10.1. The quantitative estimate of drug-likeness (QED) is 0.581. The van der Waals surface area contributed by atoms with Crippen molar-refractivity contribution in [1.29, 1.82) is 0 Å². The maximum atomic E-state index is 5.77. The van der Waals surface area contributed by atoms with Crippen molar-refractivity contribution in [2.45, 2.75) is 32.4 Å². The molecular formula is C13H20N2O2. The average molecular weight is 236 g/mol. The topological polar surface area (TPSA) is 34.6 Å². The van der Waals surface area contributed by atoms with E-state index in [0.717, 1.165) is 13.0 Å². The molecule has 0 aliphatic carbocycles. The molecule has 94 valence electrons. The Labute approximate surface area is 103 Å². The van der Waals surface area contributed by atoms with Crippen molar-refractivity contribution in [2.24, 2.45) is 0 Å². The molecule has 2 heterocycles. The minimum Gasteiger partial charge on any atom is -0.356 e. The summed E-state index contributed by atoms with van der Waals surface area (Å²) in [5.74, 6) is 0. The fourth-order valence-corrected chi connectivity index (χ4v) is 2.12. The lowest BCUT2D eigenvalue weighted by Gasteiger charge is -2.36. The van der Waals surface area contributed by atoms with Crippen LogP contribution in [-0.4, -0.2) is 31.2 Å². The number of ether oxygens (including phenoxy) is 2. The van der Waals surface area contributed by atoms with Crippen LogP contribution in [0.1, 0.15) is 26.2 Å². The van der Waals surface area contributed by atoms with Gasteiger partial charge in [-0.25, -0.2) is 0 Å². The smallest absolute Gasteiger partial charge is 0.149 e. The Morgan fingerprint density at radius 2 is 2.18 bits per heavy atom. The molecule has 0 aromatic carbocycles. The number of rotatable bonds is 5. The van der Waals surface area contributed by atoms with Gasteiger partial charge in [-0.2, -0.15) is 0 Å². The van der Waals surface area contributed by atoms with Gasteiger partial charge in [0.05, 0.1) is 0 Å². The highest BCUT2D eigenvalue weighted by atomic mass is 16.7. The van der Waals surface area contributed by atoms with Crippen molar-refractivity contribution in [1.82, 2.24) is 4.98 Å². The molecule has 1 aromatic heterocycles. The first-order chi connectivity index (χ1) is 8.42. The summed E-state index contributed by atoms with van der Waals surface area (Å²) in [6.07, 6.45) is 7.29. The summed E-state index contributed by atoms with van der Waals surface area (Å²) in [7, 11) is 0. The zero-order valence-corrected chi connectivity index (χ0v) is 10.3. The zero-order valence-electron chi connectivity index (χ0n) is 10.3. The van der Waals surface area contributed by atoms with Crippen molar-refractivity contribution < 1.29 is 9.47 Å². The van der Waals surface area contributed by atoms with Crippen LogP contribution in [0.2, 0.25) is 0 Å². The first-order valence-corrected chi connectivity index (χ1v) is 6.28. The molecular weight excluding hydrogens is 216 g/mol. The maximum Gasteiger partial charge on any atom is 0.149 e. The van der Waals surface area contributed by atoms with Gasteiger partial charge in [-0.1, -0.05) is 0 Å². The Balaban J connectivity index is 1.97. The molecule has 0 radical (unpaired) electrons. The van der Waals surface area contributed by atoms with Crippen molar-refractivity contribution in [2.75, 3.05) is 24.8 Å². The number of pyridine rings is 1. The lowest BCUT2D eigenvalue weighted by molar-refractivity contribution is -0.0923. The molecule has 1 aliphatic rings. The summed E-state index contributed by atoms with van der Waals surface area (Å²) >= 11 is 0. The van der Waals surface area contributed by atoms with E-state index in [0.29, 0.717) is 13.4 Å². The fourth-order valence-electron chi connectivity index (χ4n) is 2.12. The number of aromatic nitrogens is 1. The monoisotopic (exact) mass is 236 g/mol. The van der Waals surface area contributed by atoms with E-state index in [9.17, 15) is 0 Å². The van der Waals surface area contributed by atoms with Crippen LogP contribution < -0.4 is 4.90 Å². The van der Waals surface area contributed by atoms with Gasteiger partial charge in [-0.15, -0.1) is 0 Å². The van der Waals surface area contributed by atoms with E-state index in [1.165, 1.54) is 18.5 Å². The molecule has 0 spiro atoms. The summed E-state index contributed by atoms with van der Waals surface area (Å²) in [4.78, 5) is 6.34. The molecule has 0 amide bonds. The van der Waals surface area contributed by atoms with Crippen LogP contribution in [0.4, 0.5) is 5.69 Å². The number of nitrogens with zero attached hydrogens (tertiary/aromatic N) is 2. The number of hydrogen-bond donors (Lipinski definition) is 0. The van der Waals surface area contributed by atoms with Gasteiger partial charge in [0.15, 0.2) is 0 Å². The van der Waals surface area contributed by atoms with E-state index in [1.54, 1.807) is 0 Å². The third-order valence-electron chi connectivity index (χ3n) is 2.99. The fraction of sp³-hybridized carbons (Fsp3) is 0.615. The second-order valence-corrected chi connectivity index (χ2v) is 4.13. The third-order valence-corrected chi connectivity index (χ3v) is 2.99. The minimum atomic E-state index is 0.137. The van der Waals surface area contributed by atoms with E-state index >= 15 is 0 Å². The molecule has 1 fully saturated rings. The molecule has 4 heteroatoms. The van der Waals surface area contributed by atoms with Crippen molar-refractivity contribution in [3.63, 3.8) is 0 Å². The average Bonchev–Trinajstić information content (AvgIpc) is 2.41. The number of anilines is 1. The van der Waals surface area contributed by atoms with Crippen LogP contribution in [0.3, 0.4) is 0 Å². The Kier molecular flexibility index (Phi) is 4.76. The highest BCUT2D eigenvalue weighted by Gasteiger charge is 2.23. The molecule has 17 heavy (non-hydrogen) atoms. The molecule has 0 saturated carbocycles. The summed E-state index contributed by atoms with van der Waals surface area (Å²) in [5.41, 5.74) is 1.18. The number of hydrogen-bond acceptors (Lipinski definition) is 4. The molecule has 1 unspecified atom stereocenters. The Morgan fingerprint density at radius 3 is 2.94 bits per heavy atom. The van der Waals surface area contributed by atoms with E-state index in [2.05, 4.69) is 9.88 Å². The van der Waals surface area contributed by atoms with Crippen LogP contribution in [0.5, 0.6) is 0 Å². The molecule has 0 N–H and O–H groups in total.